The molecule has 226 valence electrons. The molecule has 0 aliphatic heterocycles. The molecule has 2 aromatic heterocycles. The number of rotatable bonds is 8. The summed E-state index contributed by atoms with van der Waals surface area (Å²) in [5, 5.41) is 5.53. The second kappa shape index (κ2) is 12.7. The van der Waals surface area contributed by atoms with Crippen LogP contribution in [0.2, 0.25) is 5.02 Å². The Balaban J connectivity index is 1.48. The van der Waals surface area contributed by atoms with Gasteiger partial charge in [0, 0.05) is 21.5 Å². The molecule has 0 aliphatic rings. The highest BCUT2D eigenvalue weighted by Crippen LogP contribution is 2.37. The summed E-state index contributed by atoms with van der Waals surface area (Å²) in [6.07, 6.45) is 0. The topological polar surface area (TPSA) is 94.8 Å². The molecule has 0 fully saturated rings. The van der Waals surface area contributed by atoms with Gasteiger partial charge in [0.15, 0.2) is 12.4 Å². The van der Waals surface area contributed by atoms with E-state index in [2.05, 4.69) is 26.1 Å². The van der Waals surface area contributed by atoms with Gasteiger partial charge in [0.1, 0.15) is 16.1 Å². The van der Waals surface area contributed by atoms with Gasteiger partial charge in [0.05, 0.1) is 12.0 Å². The van der Waals surface area contributed by atoms with Crippen LogP contribution in [0.25, 0.3) is 33.4 Å². The number of ether oxygens (including phenoxy) is 2. The van der Waals surface area contributed by atoms with Crippen LogP contribution in [0.5, 0.6) is 5.75 Å². The predicted molar refractivity (Wildman–Crippen MR) is 176 cm³/mol. The molecule has 0 spiro atoms. The Bertz CT molecular complexity index is 1900. The molecule has 1 amide bonds. The number of fused-ring (bicyclic) bond motifs is 1. The van der Waals surface area contributed by atoms with E-state index in [1.54, 1.807) is 24.4 Å². The molecule has 3 aromatic carbocycles. The SMILES string of the molecule is CCOC(=O)c1c(-c2ccccc2)csc1NC(=O)COc1c(-c2ccc(C(C)(C)C)cc2)oc2cc(C)c(Cl)cc2c1=O. The van der Waals surface area contributed by atoms with Gasteiger partial charge in [-0.1, -0.05) is 87.0 Å². The number of hydrogen-bond acceptors (Lipinski definition) is 7. The average molecular weight is 630 g/mol. The lowest BCUT2D eigenvalue weighted by atomic mass is 9.86. The highest BCUT2D eigenvalue weighted by molar-refractivity contribution is 7.15. The van der Waals surface area contributed by atoms with Crippen molar-refractivity contribution in [3.8, 4) is 28.2 Å². The van der Waals surface area contributed by atoms with Crippen molar-refractivity contribution >= 4 is 50.8 Å². The van der Waals surface area contributed by atoms with Crippen LogP contribution in [-0.2, 0) is 14.9 Å². The van der Waals surface area contributed by atoms with Crippen molar-refractivity contribution in [2.45, 2.75) is 40.0 Å². The first-order valence-corrected chi connectivity index (χ1v) is 15.4. The lowest BCUT2D eigenvalue weighted by molar-refractivity contribution is -0.118. The molecule has 7 nitrogen and oxygen atoms in total. The average Bonchev–Trinajstić information content (AvgIpc) is 3.41. The van der Waals surface area contributed by atoms with E-state index in [1.165, 1.54) is 11.3 Å². The van der Waals surface area contributed by atoms with E-state index < -0.39 is 23.9 Å². The molecule has 1 N–H and O–H groups in total. The van der Waals surface area contributed by atoms with Gasteiger partial charge in [0.2, 0.25) is 11.2 Å². The van der Waals surface area contributed by atoms with Gasteiger partial charge in [-0.2, -0.15) is 0 Å². The molecule has 9 heteroatoms. The lowest BCUT2D eigenvalue weighted by Crippen LogP contribution is -2.23. The van der Waals surface area contributed by atoms with E-state index in [0.717, 1.165) is 16.7 Å². The van der Waals surface area contributed by atoms with Crippen LogP contribution in [0.1, 0.15) is 49.2 Å². The first-order chi connectivity index (χ1) is 21.0. The summed E-state index contributed by atoms with van der Waals surface area (Å²) in [5.74, 6) is -1.02. The number of aryl methyl sites for hydroxylation is 1. The minimum atomic E-state index is -0.563. The maximum atomic E-state index is 13.7. The quantitative estimate of drug-likeness (QED) is 0.173. The summed E-state index contributed by atoms with van der Waals surface area (Å²) in [7, 11) is 0. The molecule has 0 saturated carbocycles. The third-order valence-corrected chi connectivity index (χ3v) is 8.40. The molecule has 0 bridgehead atoms. The van der Waals surface area contributed by atoms with Crippen molar-refractivity contribution in [1.29, 1.82) is 0 Å². The van der Waals surface area contributed by atoms with Crippen molar-refractivity contribution in [3.63, 3.8) is 0 Å². The number of carbonyl (C=O) groups is 2. The molecule has 0 atom stereocenters. The van der Waals surface area contributed by atoms with Crippen LogP contribution in [0.15, 0.2) is 81.3 Å². The predicted octanol–water partition coefficient (Wildman–Crippen LogP) is 8.64. The zero-order chi connectivity index (χ0) is 31.6. The third kappa shape index (κ3) is 6.42. The van der Waals surface area contributed by atoms with Crippen LogP contribution in [0.3, 0.4) is 0 Å². The largest absolute Gasteiger partial charge is 0.476 e. The standard InChI is InChI=1S/C35H32ClNO6S/c1-6-41-34(40)29-25(21-10-8-7-9-11-21)19-44-33(29)37-28(38)18-42-32-30(39)24-17-26(36)20(2)16-27(24)43-31(32)22-12-14-23(15-13-22)35(3,4)5/h7-17,19H,6,18H2,1-5H3,(H,37,38). The molecule has 44 heavy (non-hydrogen) atoms. The van der Waals surface area contributed by atoms with Crippen LogP contribution < -0.4 is 15.5 Å². The highest BCUT2D eigenvalue weighted by Gasteiger charge is 2.24. The number of amides is 1. The molecule has 5 rings (SSSR count). The van der Waals surface area contributed by atoms with Gasteiger partial charge < -0.3 is 19.2 Å². The molecule has 0 aliphatic carbocycles. The number of carbonyl (C=O) groups excluding carboxylic acids is 2. The zero-order valence-electron chi connectivity index (χ0n) is 25.1. The summed E-state index contributed by atoms with van der Waals surface area (Å²) in [6.45, 7) is 9.55. The highest BCUT2D eigenvalue weighted by atomic mass is 35.5. The van der Waals surface area contributed by atoms with Gasteiger partial charge in [-0.15, -0.1) is 11.3 Å². The van der Waals surface area contributed by atoms with E-state index in [4.69, 9.17) is 25.5 Å². The van der Waals surface area contributed by atoms with E-state index in [1.807, 2.05) is 61.5 Å². The first kappa shape index (κ1) is 31.0. The smallest absolute Gasteiger partial charge is 0.341 e. The number of hydrogen-bond donors (Lipinski definition) is 1. The minimum Gasteiger partial charge on any atom is -0.476 e. The van der Waals surface area contributed by atoms with Gasteiger partial charge in [-0.3, -0.25) is 9.59 Å². The fourth-order valence-corrected chi connectivity index (χ4v) is 5.86. The normalized spacial score (nSPS) is 11.4. The van der Waals surface area contributed by atoms with Crippen molar-refractivity contribution in [1.82, 2.24) is 0 Å². The maximum absolute atomic E-state index is 13.7. The van der Waals surface area contributed by atoms with Crippen LogP contribution in [-0.4, -0.2) is 25.1 Å². The van der Waals surface area contributed by atoms with Gasteiger partial charge in [-0.25, -0.2) is 4.79 Å². The second-order valence-corrected chi connectivity index (χ2v) is 12.6. The van der Waals surface area contributed by atoms with Crippen molar-refractivity contribution in [2.24, 2.45) is 0 Å². The lowest BCUT2D eigenvalue weighted by Gasteiger charge is -2.19. The molecule has 5 aromatic rings. The Kier molecular flexibility index (Phi) is 8.95. The van der Waals surface area contributed by atoms with Crippen molar-refractivity contribution in [3.05, 3.63) is 104 Å². The molecular formula is C35H32ClNO6S. The number of benzene rings is 3. The van der Waals surface area contributed by atoms with E-state index >= 15 is 0 Å². The number of anilines is 1. The van der Waals surface area contributed by atoms with E-state index in [0.29, 0.717) is 26.7 Å². The van der Waals surface area contributed by atoms with Gasteiger partial charge >= 0.3 is 5.97 Å². The second-order valence-electron chi connectivity index (χ2n) is 11.3. The third-order valence-electron chi connectivity index (χ3n) is 7.10. The Hall–Kier alpha value is -4.40. The monoisotopic (exact) mass is 629 g/mol. The number of esters is 1. The number of thiophene rings is 1. The molecular weight excluding hydrogens is 598 g/mol. The molecule has 2 heterocycles. The summed E-state index contributed by atoms with van der Waals surface area (Å²) in [6, 6.07) is 20.3. The van der Waals surface area contributed by atoms with Crippen LogP contribution in [0, 0.1) is 6.92 Å². The van der Waals surface area contributed by atoms with E-state index in [-0.39, 0.29) is 34.5 Å². The summed E-state index contributed by atoms with van der Waals surface area (Å²) >= 11 is 7.54. The summed E-state index contributed by atoms with van der Waals surface area (Å²) < 4.78 is 17.4. The van der Waals surface area contributed by atoms with Crippen molar-refractivity contribution < 1.29 is 23.5 Å². The fourth-order valence-electron chi connectivity index (χ4n) is 4.73. The van der Waals surface area contributed by atoms with Crippen LogP contribution in [0.4, 0.5) is 5.00 Å². The minimum absolute atomic E-state index is 0.0708. The Morgan fingerprint density at radius 1 is 1.00 bits per heavy atom. The summed E-state index contributed by atoms with van der Waals surface area (Å²) in [4.78, 5) is 39.9. The molecule has 0 radical (unpaired) electrons. The van der Waals surface area contributed by atoms with Gasteiger partial charge in [-0.05, 0) is 48.1 Å². The Labute approximate surface area is 264 Å². The summed E-state index contributed by atoms with van der Waals surface area (Å²) in [5.41, 5.74) is 4.03. The van der Waals surface area contributed by atoms with Crippen molar-refractivity contribution in [2.75, 3.05) is 18.5 Å². The Morgan fingerprint density at radius 2 is 1.70 bits per heavy atom. The fraction of sp³-hybridized carbons (Fsp3) is 0.229. The Morgan fingerprint density at radius 3 is 2.36 bits per heavy atom. The molecule has 0 saturated heterocycles. The first-order valence-electron chi connectivity index (χ1n) is 14.1. The van der Waals surface area contributed by atoms with Gasteiger partial charge in [0.25, 0.3) is 5.91 Å². The zero-order valence-corrected chi connectivity index (χ0v) is 26.7. The number of nitrogens with one attached hydrogen (secondary N) is 1. The number of halogens is 1. The van der Waals surface area contributed by atoms with Crippen LogP contribution >= 0.6 is 22.9 Å². The molecule has 0 unspecified atom stereocenters. The van der Waals surface area contributed by atoms with E-state index in [9.17, 15) is 14.4 Å². The maximum Gasteiger partial charge on any atom is 0.341 e.